The lowest BCUT2D eigenvalue weighted by Crippen LogP contribution is -2.01. The van der Waals surface area contributed by atoms with E-state index < -0.39 is 0 Å². The summed E-state index contributed by atoms with van der Waals surface area (Å²) in [5.41, 5.74) is 3.89. The smallest absolute Gasteiger partial charge is 0.139 e. The lowest BCUT2D eigenvalue weighted by Gasteiger charge is -2.12. The summed E-state index contributed by atoms with van der Waals surface area (Å²) < 4.78 is 11.7. The number of rotatable bonds is 14. The Labute approximate surface area is 196 Å². The van der Waals surface area contributed by atoms with Crippen molar-refractivity contribution in [1.82, 2.24) is 0 Å². The molecule has 0 aliphatic carbocycles. The lowest BCUT2D eigenvalue weighted by molar-refractivity contribution is 0.343. The van der Waals surface area contributed by atoms with Gasteiger partial charge in [0.25, 0.3) is 0 Å². The monoisotopic (exact) mass is 430 g/mol. The van der Waals surface area contributed by atoms with Crippen LogP contribution in [-0.2, 0) is 0 Å². The molecule has 32 heavy (non-hydrogen) atoms. The van der Waals surface area contributed by atoms with Gasteiger partial charge >= 0.3 is 0 Å². The summed E-state index contributed by atoms with van der Waals surface area (Å²) in [6, 6.07) is 3.80. The Morgan fingerprint density at radius 2 is 1.22 bits per heavy atom. The quantitative estimate of drug-likeness (QED) is 0.221. The minimum Gasteiger partial charge on any atom is -0.488 e. The van der Waals surface area contributed by atoms with Crippen LogP contribution in [0.5, 0.6) is 11.5 Å². The zero-order chi connectivity index (χ0) is 23.6. The average molecular weight is 431 g/mol. The molecule has 0 aliphatic rings. The molecule has 0 aliphatic heterocycles. The van der Waals surface area contributed by atoms with Crippen LogP contribution in [0.25, 0.3) is 0 Å². The molecule has 0 radical (unpaired) electrons. The van der Waals surface area contributed by atoms with E-state index in [0.717, 1.165) is 60.8 Å². The maximum atomic E-state index is 5.86. The number of allylic oxidation sites excluding steroid dienone is 2. The van der Waals surface area contributed by atoms with Gasteiger partial charge in [0.05, 0.1) is 11.1 Å². The second kappa shape index (κ2) is 16.6. The fraction of sp³-hybridized carbons (Fsp3) is 0.400. The van der Waals surface area contributed by atoms with Crippen molar-refractivity contribution in [2.45, 2.75) is 65.2 Å². The molecule has 0 unspecified atom stereocenters. The molecular weight excluding hydrogens is 392 g/mol. The molecule has 2 heteroatoms. The first-order valence-corrected chi connectivity index (χ1v) is 11.5. The number of hydrogen-bond acceptors (Lipinski definition) is 2. The van der Waals surface area contributed by atoms with E-state index in [0.29, 0.717) is 37.6 Å². The largest absolute Gasteiger partial charge is 0.488 e. The standard InChI is InChI=1S/C30H38O2/c1-7-11-15-25(5)17-13-19-27-23-28(20-14-18-26(6)16-12-8-2)30(32-22-10-4)24-29(27)31-21-9-3/h9-10,23-24H,3-8,11-12,15-18,21-22H2,1-2H3. The van der Waals surface area contributed by atoms with E-state index in [1.54, 1.807) is 12.2 Å². The number of ether oxygens (including phenoxy) is 2. The maximum absolute atomic E-state index is 5.86. The summed E-state index contributed by atoms with van der Waals surface area (Å²) >= 11 is 0. The summed E-state index contributed by atoms with van der Waals surface area (Å²) in [7, 11) is 0. The summed E-state index contributed by atoms with van der Waals surface area (Å²) in [6.45, 7) is 20.9. The summed E-state index contributed by atoms with van der Waals surface area (Å²) in [4.78, 5) is 0. The highest BCUT2D eigenvalue weighted by Gasteiger charge is 2.10. The van der Waals surface area contributed by atoms with Gasteiger partial charge in [-0.2, -0.15) is 0 Å². The van der Waals surface area contributed by atoms with Gasteiger partial charge in [0, 0.05) is 18.9 Å². The Bertz CT molecular complexity index is 825. The van der Waals surface area contributed by atoms with Crippen LogP contribution in [0, 0.1) is 23.7 Å². The van der Waals surface area contributed by atoms with Gasteiger partial charge in [-0.05, 0) is 31.7 Å². The molecule has 0 spiro atoms. The van der Waals surface area contributed by atoms with E-state index in [2.05, 4.69) is 63.8 Å². The van der Waals surface area contributed by atoms with Crippen LogP contribution in [0.2, 0.25) is 0 Å². The van der Waals surface area contributed by atoms with Crippen molar-refractivity contribution in [3.63, 3.8) is 0 Å². The summed E-state index contributed by atoms with van der Waals surface area (Å²) in [5.74, 6) is 14.3. The van der Waals surface area contributed by atoms with Crippen LogP contribution < -0.4 is 9.47 Å². The Morgan fingerprint density at radius 3 is 1.59 bits per heavy atom. The predicted molar refractivity (Wildman–Crippen MR) is 138 cm³/mol. The normalized spacial score (nSPS) is 9.56. The average Bonchev–Trinajstić information content (AvgIpc) is 2.79. The van der Waals surface area contributed by atoms with Crippen molar-refractivity contribution in [3.05, 3.63) is 72.9 Å². The molecule has 1 aromatic carbocycles. The van der Waals surface area contributed by atoms with Crippen molar-refractivity contribution >= 4 is 0 Å². The van der Waals surface area contributed by atoms with Gasteiger partial charge in [-0.25, -0.2) is 0 Å². The van der Waals surface area contributed by atoms with Gasteiger partial charge in [-0.15, -0.1) is 0 Å². The molecule has 1 aromatic rings. The van der Waals surface area contributed by atoms with Gasteiger partial charge in [-0.1, -0.05) is 100.0 Å². The Hall–Kier alpha value is -3.10. The minimum absolute atomic E-state index is 0.390. The zero-order valence-corrected chi connectivity index (χ0v) is 20.0. The third-order valence-electron chi connectivity index (χ3n) is 4.69. The maximum Gasteiger partial charge on any atom is 0.139 e. The van der Waals surface area contributed by atoms with Crippen LogP contribution in [0.15, 0.2) is 61.7 Å². The van der Waals surface area contributed by atoms with Gasteiger partial charge in [-0.3, -0.25) is 0 Å². The highest BCUT2D eigenvalue weighted by Crippen LogP contribution is 2.29. The van der Waals surface area contributed by atoms with E-state index in [1.165, 1.54) is 0 Å². The van der Waals surface area contributed by atoms with Crippen LogP contribution in [0.3, 0.4) is 0 Å². The van der Waals surface area contributed by atoms with E-state index in [1.807, 2.05) is 12.1 Å². The molecular formula is C30H38O2. The number of benzene rings is 1. The third kappa shape index (κ3) is 10.8. The van der Waals surface area contributed by atoms with E-state index in [-0.39, 0.29) is 0 Å². The molecule has 0 bridgehead atoms. The zero-order valence-electron chi connectivity index (χ0n) is 20.0. The van der Waals surface area contributed by atoms with Crippen LogP contribution in [0.1, 0.15) is 76.3 Å². The second-order valence-corrected chi connectivity index (χ2v) is 7.71. The fourth-order valence-corrected chi connectivity index (χ4v) is 2.85. The molecule has 0 heterocycles. The van der Waals surface area contributed by atoms with Gasteiger partial charge in [0.15, 0.2) is 0 Å². The molecule has 0 saturated heterocycles. The molecule has 0 amide bonds. The summed E-state index contributed by atoms with van der Waals surface area (Å²) in [5, 5.41) is 0. The molecule has 2 nitrogen and oxygen atoms in total. The molecule has 0 fully saturated rings. The van der Waals surface area contributed by atoms with Gasteiger partial charge < -0.3 is 9.47 Å². The van der Waals surface area contributed by atoms with Crippen molar-refractivity contribution in [2.24, 2.45) is 0 Å². The Kier molecular flexibility index (Phi) is 14.0. The third-order valence-corrected chi connectivity index (χ3v) is 4.69. The van der Waals surface area contributed by atoms with Gasteiger partial charge in [0.2, 0.25) is 0 Å². The van der Waals surface area contributed by atoms with Crippen molar-refractivity contribution in [1.29, 1.82) is 0 Å². The topological polar surface area (TPSA) is 18.5 Å². The van der Waals surface area contributed by atoms with Crippen molar-refractivity contribution in [3.8, 4) is 35.2 Å². The van der Waals surface area contributed by atoms with Crippen LogP contribution in [0.4, 0.5) is 0 Å². The van der Waals surface area contributed by atoms with Crippen molar-refractivity contribution < 1.29 is 9.47 Å². The molecule has 0 aromatic heterocycles. The fourth-order valence-electron chi connectivity index (χ4n) is 2.85. The highest BCUT2D eigenvalue weighted by molar-refractivity contribution is 5.59. The molecule has 0 N–H and O–H groups in total. The van der Waals surface area contributed by atoms with E-state index in [4.69, 9.17) is 9.47 Å². The van der Waals surface area contributed by atoms with Gasteiger partial charge in [0.1, 0.15) is 24.7 Å². The summed E-state index contributed by atoms with van der Waals surface area (Å²) in [6.07, 6.45) is 11.4. The van der Waals surface area contributed by atoms with Crippen LogP contribution >= 0.6 is 0 Å². The van der Waals surface area contributed by atoms with Crippen LogP contribution in [-0.4, -0.2) is 13.2 Å². The predicted octanol–water partition coefficient (Wildman–Crippen LogP) is 7.79. The first-order valence-electron chi connectivity index (χ1n) is 11.5. The minimum atomic E-state index is 0.390. The SMILES string of the molecule is C=CCOc1cc(OCC=C)c(C#CCC(=C)CCCC)cc1C#CCC(=C)CCCC. The highest BCUT2D eigenvalue weighted by atomic mass is 16.5. The van der Waals surface area contributed by atoms with Crippen molar-refractivity contribution in [2.75, 3.05) is 13.2 Å². The molecule has 1 rings (SSSR count). The molecule has 0 atom stereocenters. The molecule has 170 valence electrons. The number of unbranched alkanes of at least 4 members (excludes halogenated alkanes) is 2. The Morgan fingerprint density at radius 1 is 0.781 bits per heavy atom. The first-order chi connectivity index (χ1) is 15.5. The number of hydrogen-bond donors (Lipinski definition) is 0. The van der Waals surface area contributed by atoms with E-state index >= 15 is 0 Å². The van der Waals surface area contributed by atoms with E-state index in [9.17, 15) is 0 Å². The molecule has 0 saturated carbocycles. The Balaban J connectivity index is 3.21. The first kappa shape index (κ1) is 26.9. The second-order valence-electron chi connectivity index (χ2n) is 7.71. The lowest BCUT2D eigenvalue weighted by atomic mass is 10.1.